The Balaban J connectivity index is 3.46. The van der Waals surface area contributed by atoms with Gasteiger partial charge in [0.15, 0.2) is 0 Å². The molecule has 10 heavy (non-hydrogen) atoms. The fourth-order valence-corrected chi connectivity index (χ4v) is 0.458. The van der Waals surface area contributed by atoms with Crippen molar-refractivity contribution in [3.8, 4) is 0 Å². The van der Waals surface area contributed by atoms with Crippen LogP contribution in [0.3, 0.4) is 0 Å². The van der Waals surface area contributed by atoms with Gasteiger partial charge in [-0.25, -0.2) is 0 Å². The van der Waals surface area contributed by atoms with E-state index in [1.54, 1.807) is 0 Å². The van der Waals surface area contributed by atoms with Crippen LogP contribution in [-0.2, 0) is 14.3 Å². The minimum absolute atomic E-state index is 0.0171. The normalized spacial score (nSPS) is 12.2. The molecule has 0 heterocycles. The number of carbonyl (C=O) groups is 2. The number of hydrogen-bond donors (Lipinski definition) is 1. The molecule has 0 rings (SSSR count). The maximum Gasteiger partial charge on any atom is 0.315 e. The first-order chi connectivity index (χ1) is 4.70. The van der Waals surface area contributed by atoms with E-state index in [1.165, 1.54) is 0 Å². The van der Waals surface area contributed by atoms with Crippen molar-refractivity contribution in [3.63, 3.8) is 0 Å². The zero-order valence-corrected chi connectivity index (χ0v) is 5.87. The second-order valence-corrected chi connectivity index (χ2v) is 1.91. The van der Waals surface area contributed by atoms with Crippen LogP contribution in [0.25, 0.3) is 0 Å². The first-order valence-corrected chi connectivity index (χ1v) is 3.11. The largest absolute Gasteiger partial charge is 0.395 e. The van der Waals surface area contributed by atoms with E-state index in [0.717, 1.165) is 0 Å². The van der Waals surface area contributed by atoms with Crippen molar-refractivity contribution < 1.29 is 19.4 Å². The predicted octanol–water partition coefficient (Wildman–Crippen LogP) is -0.324. The number of rotatable bonds is 4. The van der Waals surface area contributed by atoms with Crippen LogP contribution in [0.1, 0.15) is 6.42 Å². The molecule has 0 fully saturated rings. The number of carbonyl (C=O) groups excluding carboxylic acids is 2. The lowest BCUT2D eigenvalue weighted by Gasteiger charge is -2.01. The maximum atomic E-state index is 10.3. The molecule has 0 saturated heterocycles. The minimum Gasteiger partial charge on any atom is -0.395 e. The van der Waals surface area contributed by atoms with Gasteiger partial charge in [-0.15, -0.1) is 11.6 Å². The highest BCUT2D eigenvalue weighted by Crippen LogP contribution is 1.95. The molecule has 1 unspecified atom stereocenters. The Morgan fingerprint density at radius 2 is 2.40 bits per heavy atom. The monoisotopic (exact) mass is 166 g/mol. The SMILES string of the molecule is O=COC(=O)CC(O)CCl. The van der Waals surface area contributed by atoms with E-state index in [2.05, 4.69) is 4.74 Å². The standard InChI is InChI=1S/C5H7ClO4/c6-2-4(8)1-5(9)10-3-7/h3-4,8H,1-2H2. The van der Waals surface area contributed by atoms with Crippen molar-refractivity contribution >= 4 is 24.0 Å². The quantitative estimate of drug-likeness (QED) is 0.269. The van der Waals surface area contributed by atoms with Crippen LogP contribution in [0.2, 0.25) is 0 Å². The molecule has 0 aliphatic heterocycles. The molecule has 58 valence electrons. The van der Waals surface area contributed by atoms with Gasteiger partial charge in [0, 0.05) is 5.88 Å². The van der Waals surface area contributed by atoms with Crippen LogP contribution in [0.15, 0.2) is 0 Å². The zero-order valence-electron chi connectivity index (χ0n) is 5.12. The lowest BCUT2D eigenvalue weighted by Crippen LogP contribution is -2.16. The van der Waals surface area contributed by atoms with Crippen molar-refractivity contribution in [1.29, 1.82) is 0 Å². The minimum atomic E-state index is -0.936. The highest BCUT2D eigenvalue weighted by molar-refractivity contribution is 6.18. The van der Waals surface area contributed by atoms with Gasteiger partial charge in [-0.3, -0.25) is 9.59 Å². The van der Waals surface area contributed by atoms with E-state index in [-0.39, 0.29) is 18.8 Å². The summed E-state index contributed by atoms with van der Waals surface area (Å²) in [6, 6.07) is 0. The van der Waals surface area contributed by atoms with Gasteiger partial charge in [0.1, 0.15) is 0 Å². The third kappa shape index (κ3) is 4.29. The first-order valence-electron chi connectivity index (χ1n) is 2.58. The average molecular weight is 167 g/mol. The third-order valence-electron chi connectivity index (χ3n) is 0.760. The summed E-state index contributed by atoms with van der Waals surface area (Å²) in [5, 5.41) is 8.71. The summed E-state index contributed by atoms with van der Waals surface area (Å²) in [4.78, 5) is 19.9. The van der Waals surface area contributed by atoms with Gasteiger partial charge >= 0.3 is 12.4 Å². The van der Waals surface area contributed by atoms with Crippen LogP contribution < -0.4 is 0 Å². The van der Waals surface area contributed by atoms with Crippen molar-refractivity contribution in [2.45, 2.75) is 12.5 Å². The predicted molar refractivity (Wildman–Crippen MR) is 33.5 cm³/mol. The first kappa shape index (κ1) is 9.39. The molecule has 0 aromatic heterocycles. The van der Waals surface area contributed by atoms with E-state index in [4.69, 9.17) is 16.7 Å². The summed E-state index contributed by atoms with van der Waals surface area (Å²) in [5.41, 5.74) is 0. The van der Waals surface area contributed by atoms with Gasteiger partial charge in [-0.1, -0.05) is 0 Å². The molecule has 4 nitrogen and oxygen atoms in total. The lowest BCUT2D eigenvalue weighted by molar-refractivity contribution is -0.152. The van der Waals surface area contributed by atoms with E-state index >= 15 is 0 Å². The Kier molecular flexibility index (Phi) is 4.88. The molecule has 0 aliphatic carbocycles. The molecular weight excluding hydrogens is 160 g/mol. The number of halogens is 1. The molecule has 0 radical (unpaired) electrons. The number of hydrogen-bond acceptors (Lipinski definition) is 4. The highest BCUT2D eigenvalue weighted by atomic mass is 35.5. The van der Waals surface area contributed by atoms with Crippen LogP contribution in [0.4, 0.5) is 0 Å². The molecule has 0 spiro atoms. The van der Waals surface area contributed by atoms with Crippen molar-refractivity contribution in [1.82, 2.24) is 0 Å². The van der Waals surface area contributed by atoms with Crippen LogP contribution in [-0.4, -0.2) is 29.5 Å². The number of ether oxygens (including phenoxy) is 1. The van der Waals surface area contributed by atoms with Crippen LogP contribution in [0, 0.1) is 0 Å². The molecule has 1 atom stereocenters. The number of alkyl halides is 1. The lowest BCUT2D eigenvalue weighted by atomic mass is 10.3. The Morgan fingerprint density at radius 3 is 2.80 bits per heavy atom. The third-order valence-corrected chi connectivity index (χ3v) is 1.12. The molecule has 0 saturated carbocycles. The van der Waals surface area contributed by atoms with Crippen LogP contribution in [0.5, 0.6) is 0 Å². The van der Waals surface area contributed by atoms with E-state index in [9.17, 15) is 9.59 Å². The number of aliphatic hydroxyl groups is 1. The topological polar surface area (TPSA) is 63.6 Å². The average Bonchev–Trinajstić information content (AvgIpc) is 1.88. The Bertz CT molecular complexity index is 125. The van der Waals surface area contributed by atoms with Gasteiger partial charge in [-0.2, -0.15) is 0 Å². The fraction of sp³-hybridized carbons (Fsp3) is 0.600. The molecular formula is C5H7ClO4. The highest BCUT2D eigenvalue weighted by Gasteiger charge is 2.09. The summed E-state index contributed by atoms with van der Waals surface area (Å²) in [6.07, 6.45) is -1.18. The molecule has 0 amide bonds. The summed E-state index contributed by atoms with van der Waals surface area (Å²) >= 11 is 5.15. The van der Waals surface area contributed by atoms with E-state index < -0.39 is 12.1 Å². The van der Waals surface area contributed by atoms with Gasteiger partial charge in [0.2, 0.25) is 0 Å². The van der Waals surface area contributed by atoms with E-state index in [0.29, 0.717) is 0 Å². The molecule has 0 bridgehead atoms. The summed E-state index contributed by atoms with van der Waals surface area (Å²) in [5.74, 6) is -0.823. The second kappa shape index (κ2) is 5.20. The second-order valence-electron chi connectivity index (χ2n) is 1.60. The summed E-state index contributed by atoms with van der Waals surface area (Å²) in [6.45, 7) is 0.0171. The van der Waals surface area contributed by atoms with Gasteiger partial charge < -0.3 is 9.84 Å². The molecule has 0 aromatic carbocycles. The Hall–Kier alpha value is -0.610. The van der Waals surface area contributed by atoms with Gasteiger partial charge in [-0.05, 0) is 0 Å². The molecule has 1 N–H and O–H groups in total. The van der Waals surface area contributed by atoms with Gasteiger partial charge in [0.25, 0.3) is 0 Å². The smallest absolute Gasteiger partial charge is 0.315 e. The van der Waals surface area contributed by atoms with Crippen LogP contribution >= 0.6 is 11.6 Å². The number of aliphatic hydroxyl groups excluding tert-OH is 1. The molecule has 0 aliphatic rings. The summed E-state index contributed by atoms with van der Waals surface area (Å²) < 4.78 is 3.88. The molecule has 0 aromatic rings. The zero-order chi connectivity index (χ0) is 7.98. The Morgan fingerprint density at radius 1 is 1.80 bits per heavy atom. The van der Waals surface area contributed by atoms with Crippen molar-refractivity contribution in [3.05, 3.63) is 0 Å². The fourth-order valence-electron chi connectivity index (χ4n) is 0.349. The molecule has 5 heteroatoms. The maximum absolute atomic E-state index is 10.3. The summed E-state index contributed by atoms with van der Waals surface area (Å²) in [7, 11) is 0. The van der Waals surface area contributed by atoms with Gasteiger partial charge in [0.05, 0.1) is 12.5 Å². The number of esters is 1. The van der Waals surface area contributed by atoms with E-state index in [1.807, 2.05) is 0 Å². The Labute approximate surface area is 62.7 Å². The van der Waals surface area contributed by atoms with Crippen molar-refractivity contribution in [2.75, 3.05) is 5.88 Å². The van der Waals surface area contributed by atoms with Crippen molar-refractivity contribution in [2.24, 2.45) is 0 Å².